The molecule has 68 heavy (non-hydrogen) atoms. The Hall–Kier alpha value is -8.47. The Bertz CT molecular complexity index is 3860. The molecule has 0 aliphatic heterocycles. The van der Waals surface area contributed by atoms with Crippen LogP contribution >= 0.6 is 0 Å². The smallest absolute Gasteiger partial charge is 0.160 e. The van der Waals surface area contributed by atoms with Crippen LogP contribution in [0.3, 0.4) is 0 Å². The first-order chi connectivity index (χ1) is 33.7. The number of aliphatic imine (C=N–C) groups is 3. The molecule has 1 heterocycles. The summed E-state index contributed by atoms with van der Waals surface area (Å²) in [4.78, 5) is 15.7. The SMILES string of the molecule is C=NC(=NC(=NCc1ccc2c3ccccc3c3ccccc3c2c1)C1=CC(n2c3ccccc3c3cc(-c4ccccc4)ccc32)=CC2C3=C(CCC=C3)c3ccccc3C12)c1ccccc1. The van der Waals surface area contributed by atoms with Crippen molar-refractivity contribution in [1.29, 1.82) is 0 Å². The summed E-state index contributed by atoms with van der Waals surface area (Å²) < 4.78 is 2.47. The summed E-state index contributed by atoms with van der Waals surface area (Å²) in [5, 5.41) is 9.93. The molecule has 2 unspecified atom stereocenters. The van der Waals surface area contributed by atoms with Crippen molar-refractivity contribution in [2.24, 2.45) is 20.9 Å². The molecule has 10 aromatic rings. The van der Waals surface area contributed by atoms with E-state index in [0.717, 1.165) is 46.3 Å². The van der Waals surface area contributed by atoms with Gasteiger partial charge in [-0.05, 0) is 121 Å². The molecule has 4 nitrogen and oxygen atoms in total. The van der Waals surface area contributed by atoms with Crippen molar-refractivity contribution in [3.05, 3.63) is 252 Å². The van der Waals surface area contributed by atoms with Crippen molar-refractivity contribution in [2.75, 3.05) is 0 Å². The van der Waals surface area contributed by atoms with Crippen LogP contribution in [0.15, 0.2) is 245 Å². The molecule has 9 aromatic carbocycles. The third kappa shape index (κ3) is 6.55. The largest absolute Gasteiger partial charge is 0.310 e. The second-order valence-electron chi connectivity index (χ2n) is 18.2. The Morgan fingerprint density at radius 3 is 1.97 bits per heavy atom. The third-order valence-corrected chi connectivity index (χ3v) is 14.4. The predicted molar refractivity (Wildman–Crippen MR) is 288 cm³/mol. The van der Waals surface area contributed by atoms with Gasteiger partial charge in [-0.3, -0.25) is 4.99 Å². The molecule has 1 aromatic heterocycles. The van der Waals surface area contributed by atoms with Crippen LogP contribution in [0.5, 0.6) is 0 Å². The molecule has 0 saturated carbocycles. The van der Waals surface area contributed by atoms with Gasteiger partial charge in [-0.1, -0.05) is 188 Å². The van der Waals surface area contributed by atoms with Gasteiger partial charge < -0.3 is 4.57 Å². The lowest BCUT2D eigenvalue weighted by Gasteiger charge is -2.40. The Balaban J connectivity index is 1.05. The Labute approximate surface area is 395 Å². The third-order valence-electron chi connectivity index (χ3n) is 14.4. The van der Waals surface area contributed by atoms with E-state index < -0.39 is 0 Å². The maximum Gasteiger partial charge on any atom is 0.160 e. The standard InChI is InChI=1S/C64H46N4/c1-65-63(43-20-6-3-7-21-43)67-64(66-40-41-32-34-53-48-24-9-8-22-46(48)47-23-10-12-27-51(47)56(53)36-41)59-39-45(38-58-52-28-13-11-25-49(52)50-26-14-15-30-55(50)62(58)59)68-60-31-17-16-29-54(60)57-37-44(33-35-61(57)68)42-18-4-2-5-19-42/h2-10,12-24,26-39,58,62H,1,11,25,40H2. The minimum atomic E-state index is -0.0505. The van der Waals surface area contributed by atoms with Crippen LogP contribution in [0.4, 0.5) is 0 Å². The van der Waals surface area contributed by atoms with Gasteiger partial charge >= 0.3 is 0 Å². The second-order valence-corrected chi connectivity index (χ2v) is 18.2. The molecule has 0 saturated heterocycles. The van der Waals surface area contributed by atoms with Crippen LogP contribution in [-0.4, -0.2) is 23.0 Å². The molecule has 4 heteroatoms. The number of aromatic nitrogens is 1. The predicted octanol–water partition coefficient (Wildman–Crippen LogP) is 16.0. The molecule has 0 N–H and O–H groups in total. The van der Waals surface area contributed by atoms with E-state index in [1.807, 2.05) is 18.2 Å². The molecule has 13 rings (SSSR count). The summed E-state index contributed by atoms with van der Waals surface area (Å²) in [6.07, 6.45) is 11.7. The van der Waals surface area contributed by atoms with E-state index in [-0.39, 0.29) is 11.8 Å². The summed E-state index contributed by atoms with van der Waals surface area (Å²) >= 11 is 0. The van der Waals surface area contributed by atoms with Gasteiger partial charge in [0.1, 0.15) is 0 Å². The van der Waals surface area contributed by atoms with E-state index in [9.17, 15) is 0 Å². The zero-order valence-electron chi connectivity index (χ0n) is 37.6. The van der Waals surface area contributed by atoms with Crippen LogP contribution in [0.25, 0.3) is 76.5 Å². The topological polar surface area (TPSA) is 42.0 Å². The summed E-state index contributed by atoms with van der Waals surface area (Å²) in [6.45, 7) is 4.51. The monoisotopic (exact) mass is 870 g/mol. The van der Waals surface area contributed by atoms with Crippen molar-refractivity contribution >= 4 is 83.8 Å². The lowest BCUT2D eigenvalue weighted by Crippen LogP contribution is -2.29. The first-order valence-corrected chi connectivity index (χ1v) is 23.7. The average Bonchev–Trinajstić information content (AvgIpc) is 3.75. The maximum absolute atomic E-state index is 5.64. The first kappa shape index (κ1) is 39.9. The fourth-order valence-corrected chi connectivity index (χ4v) is 11.4. The summed E-state index contributed by atoms with van der Waals surface area (Å²) in [5.74, 6) is 1.18. The average molecular weight is 871 g/mol. The normalized spacial score (nSPS) is 17.1. The molecule has 3 aliphatic rings. The highest BCUT2D eigenvalue weighted by molar-refractivity contribution is 6.25. The van der Waals surface area contributed by atoms with Crippen molar-refractivity contribution in [3.8, 4) is 11.1 Å². The van der Waals surface area contributed by atoms with E-state index in [2.05, 4.69) is 217 Å². The quantitative estimate of drug-likeness (QED) is 0.0908. The van der Waals surface area contributed by atoms with Gasteiger partial charge in [-0.15, -0.1) is 0 Å². The number of rotatable bonds is 6. The number of para-hydroxylation sites is 1. The van der Waals surface area contributed by atoms with Gasteiger partial charge in [0.2, 0.25) is 0 Å². The summed E-state index contributed by atoms with van der Waals surface area (Å²) in [5.41, 5.74) is 14.3. The van der Waals surface area contributed by atoms with E-state index in [0.29, 0.717) is 18.2 Å². The Morgan fingerprint density at radius 1 is 0.559 bits per heavy atom. The number of hydrogen-bond acceptors (Lipinski definition) is 1. The van der Waals surface area contributed by atoms with Crippen LogP contribution in [0, 0.1) is 5.92 Å². The zero-order chi connectivity index (χ0) is 45.1. The maximum atomic E-state index is 5.64. The van der Waals surface area contributed by atoms with E-state index in [1.165, 1.54) is 76.5 Å². The fraction of sp³-hybridized carbons (Fsp3) is 0.0781. The molecule has 0 fully saturated rings. The van der Waals surface area contributed by atoms with Crippen molar-refractivity contribution in [3.63, 3.8) is 0 Å². The molecular formula is C64H46N4. The van der Waals surface area contributed by atoms with Gasteiger partial charge in [-0.25, -0.2) is 9.98 Å². The van der Waals surface area contributed by atoms with Gasteiger partial charge in [0.15, 0.2) is 11.7 Å². The lowest BCUT2D eigenvalue weighted by molar-refractivity contribution is 0.639. The molecule has 3 aliphatic carbocycles. The number of fused-ring (bicyclic) bond motifs is 14. The highest BCUT2D eigenvalue weighted by Gasteiger charge is 2.40. The number of hydrogen-bond donors (Lipinski definition) is 0. The van der Waals surface area contributed by atoms with Crippen LogP contribution in [0.1, 0.15) is 41.0 Å². The minimum Gasteiger partial charge on any atom is -0.310 e. The van der Waals surface area contributed by atoms with Gasteiger partial charge in [0, 0.05) is 39.4 Å². The van der Waals surface area contributed by atoms with Crippen LogP contribution in [0.2, 0.25) is 0 Å². The summed E-state index contributed by atoms with van der Waals surface area (Å²) in [6, 6.07) is 70.0. The molecule has 322 valence electrons. The number of benzene rings is 9. The van der Waals surface area contributed by atoms with Crippen LogP contribution in [-0.2, 0) is 6.54 Å². The van der Waals surface area contributed by atoms with Gasteiger partial charge in [-0.2, -0.15) is 0 Å². The summed E-state index contributed by atoms with van der Waals surface area (Å²) in [7, 11) is 0. The van der Waals surface area contributed by atoms with Crippen LogP contribution < -0.4 is 0 Å². The zero-order valence-corrected chi connectivity index (χ0v) is 37.6. The lowest BCUT2D eigenvalue weighted by atomic mass is 9.64. The first-order valence-electron chi connectivity index (χ1n) is 23.7. The van der Waals surface area contributed by atoms with Gasteiger partial charge in [0.25, 0.3) is 0 Å². The second kappa shape index (κ2) is 16.4. The van der Waals surface area contributed by atoms with Gasteiger partial charge in [0.05, 0.1) is 17.6 Å². The molecule has 0 radical (unpaired) electrons. The molecular weight excluding hydrogens is 825 g/mol. The highest BCUT2D eigenvalue weighted by Crippen LogP contribution is 2.53. The number of allylic oxidation sites excluding steroid dienone is 7. The highest BCUT2D eigenvalue weighted by atomic mass is 15.0. The molecule has 0 spiro atoms. The fourth-order valence-electron chi connectivity index (χ4n) is 11.4. The Kier molecular flexibility index (Phi) is 9.64. The van der Waals surface area contributed by atoms with E-state index >= 15 is 0 Å². The van der Waals surface area contributed by atoms with Crippen molar-refractivity contribution < 1.29 is 0 Å². The van der Waals surface area contributed by atoms with E-state index in [1.54, 1.807) is 0 Å². The number of nitrogens with zero attached hydrogens (tertiary/aromatic N) is 4. The molecule has 0 bridgehead atoms. The van der Waals surface area contributed by atoms with E-state index in [4.69, 9.17) is 9.98 Å². The molecule has 0 amide bonds. The number of amidine groups is 2. The van der Waals surface area contributed by atoms with Crippen molar-refractivity contribution in [1.82, 2.24) is 4.57 Å². The Morgan fingerprint density at radius 2 is 1.21 bits per heavy atom. The molecule has 2 atom stereocenters. The van der Waals surface area contributed by atoms with Crippen molar-refractivity contribution in [2.45, 2.75) is 25.3 Å². The minimum absolute atomic E-state index is 0.0313.